The van der Waals surface area contributed by atoms with Crippen LogP contribution in [0.5, 0.6) is 0 Å². The largest absolute Gasteiger partial charge is 0.479 e. The monoisotopic (exact) mass is 194 g/mol. The highest BCUT2D eigenvalue weighted by Gasteiger charge is 2.36. The molecule has 0 bridgehead atoms. The van der Waals surface area contributed by atoms with Crippen LogP contribution in [0, 0.1) is 6.92 Å². The molecule has 0 spiro atoms. The lowest BCUT2D eigenvalue weighted by Crippen LogP contribution is -2.35. The zero-order chi connectivity index (χ0) is 10.8. The van der Waals surface area contributed by atoms with Crippen molar-refractivity contribution < 1.29 is 15.0 Å². The average molecular weight is 194 g/mol. The van der Waals surface area contributed by atoms with Crippen molar-refractivity contribution in [3.05, 3.63) is 35.4 Å². The van der Waals surface area contributed by atoms with Crippen molar-refractivity contribution in [2.24, 2.45) is 0 Å². The van der Waals surface area contributed by atoms with E-state index in [2.05, 4.69) is 0 Å². The third-order valence-corrected chi connectivity index (χ3v) is 2.46. The van der Waals surface area contributed by atoms with Crippen LogP contribution in [0.1, 0.15) is 24.5 Å². The first-order valence-electron chi connectivity index (χ1n) is 4.54. The molecule has 1 aromatic carbocycles. The van der Waals surface area contributed by atoms with Crippen molar-refractivity contribution in [1.29, 1.82) is 0 Å². The van der Waals surface area contributed by atoms with E-state index in [1.165, 1.54) is 0 Å². The lowest BCUT2D eigenvalue weighted by atomic mass is 9.88. The molecule has 0 aromatic heterocycles. The quantitative estimate of drug-likeness (QED) is 0.769. The summed E-state index contributed by atoms with van der Waals surface area (Å²) in [5.41, 5.74) is -0.500. The van der Waals surface area contributed by atoms with Gasteiger partial charge in [-0.05, 0) is 24.5 Å². The van der Waals surface area contributed by atoms with Gasteiger partial charge in [-0.25, -0.2) is 4.79 Å². The Morgan fingerprint density at radius 3 is 2.43 bits per heavy atom. The topological polar surface area (TPSA) is 57.5 Å². The van der Waals surface area contributed by atoms with Crippen molar-refractivity contribution in [2.75, 3.05) is 0 Å². The minimum absolute atomic E-state index is 0.160. The van der Waals surface area contributed by atoms with Gasteiger partial charge in [0.25, 0.3) is 0 Å². The zero-order valence-electron chi connectivity index (χ0n) is 8.32. The van der Waals surface area contributed by atoms with Gasteiger partial charge in [0.05, 0.1) is 0 Å². The molecule has 0 heterocycles. The molecule has 0 aliphatic rings. The Morgan fingerprint density at radius 1 is 1.43 bits per heavy atom. The van der Waals surface area contributed by atoms with Gasteiger partial charge < -0.3 is 10.2 Å². The van der Waals surface area contributed by atoms with Crippen molar-refractivity contribution in [2.45, 2.75) is 25.9 Å². The summed E-state index contributed by atoms with van der Waals surface area (Å²) in [5, 5.41) is 18.9. The molecule has 2 N–H and O–H groups in total. The van der Waals surface area contributed by atoms with Gasteiger partial charge >= 0.3 is 5.97 Å². The molecule has 0 radical (unpaired) electrons. The maximum Gasteiger partial charge on any atom is 0.340 e. The van der Waals surface area contributed by atoms with E-state index in [0.29, 0.717) is 5.56 Å². The summed E-state index contributed by atoms with van der Waals surface area (Å²) in [6.45, 7) is 3.44. The second kappa shape index (κ2) is 3.80. The predicted molar refractivity (Wildman–Crippen MR) is 53.0 cm³/mol. The number of carbonyl (C=O) groups is 1. The summed E-state index contributed by atoms with van der Waals surface area (Å²) in [5.74, 6) is -1.20. The molecule has 0 saturated carbocycles. The fraction of sp³-hybridized carbons (Fsp3) is 0.364. The first-order valence-corrected chi connectivity index (χ1v) is 4.54. The van der Waals surface area contributed by atoms with Crippen LogP contribution in [0.25, 0.3) is 0 Å². The van der Waals surface area contributed by atoms with Crippen molar-refractivity contribution in [3.8, 4) is 0 Å². The Bertz CT molecular complexity index is 346. The Kier molecular flexibility index (Phi) is 2.91. The maximum atomic E-state index is 11.0. The summed E-state index contributed by atoms with van der Waals surface area (Å²) in [4.78, 5) is 11.0. The first-order chi connectivity index (χ1) is 6.52. The third kappa shape index (κ3) is 1.63. The minimum atomic E-state index is -1.76. The normalized spacial score (nSPS) is 14.8. The number of rotatable bonds is 3. The van der Waals surface area contributed by atoms with E-state index in [1.54, 1.807) is 32.0 Å². The van der Waals surface area contributed by atoms with Crippen LogP contribution in [0.4, 0.5) is 0 Å². The van der Waals surface area contributed by atoms with Crippen LogP contribution < -0.4 is 0 Å². The van der Waals surface area contributed by atoms with Gasteiger partial charge in [0.2, 0.25) is 0 Å². The van der Waals surface area contributed by atoms with Crippen molar-refractivity contribution in [1.82, 2.24) is 0 Å². The standard InChI is InChI=1S/C11H14O3/c1-3-11(14,10(12)13)9-7-5-4-6-8(9)2/h4-7,14H,3H2,1-2H3,(H,12,13). The molecular weight excluding hydrogens is 180 g/mol. The predicted octanol–water partition coefficient (Wildman–Crippen LogP) is 1.68. The third-order valence-electron chi connectivity index (χ3n) is 2.46. The second-order valence-electron chi connectivity index (χ2n) is 3.33. The summed E-state index contributed by atoms with van der Waals surface area (Å²) in [6.07, 6.45) is 0.160. The lowest BCUT2D eigenvalue weighted by Gasteiger charge is -2.23. The van der Waals surface area contributed by atoms with E-state index >= 15 is 0 Å². The SMILES string of the molecule is CCC(O)(C(=O)O)c1ccccc1C. The van der Waals surface area contributed by atoms with Gasteiger partial charge in [-0.2, -0.15) is 0 Å². The molecule has 0 fully saturated rings. The van der Waals surface area contributed by atoms with Crippen molar-refractivity contribution in [3.63, 3.8) is 0 Å². The number of hydrogen-bond acceptors (Lipinski definition) is 2. The highest BCUT2D eigenvalue weighted by atomic mass is 16.4. The van der Waals surface area contributed by atoms with E-state index in [-0.39, 0.29) is 6.42 Å². The molecule has 3 heteroatoms. The van der Waals surface area contributed by atoms with Crippen LogP contribution >= 0.6 is 0 Å². The smallest absolute Gasteiger partial charge is 0.340 e. The van der Waals surface area contributed by atoms with Gasteiger partial charge in [0.1, 0.15) is 0 Å². The molecule has 1 rings (SSSR count). The molecule has 1 aromatic rings. The van der Waals surface area contributed by atoms with Gasteiger partial charge in [-0.3, -0.25) is 0 Å². The number of carboxylic acid groups (broad SMARTS) is 1. The number of aryl methyl sites for hydroxylation is 1. The summed E-state index contributed by atoms with van der Waals surface area (Å²) in [6, 6.07) is 6.98. The second-order valence-corrected chi connectivity index (χ2v) is 3.33. The number of aliphatic hydroxyl groups is 1. The van der Waals surface area contributed by atoms with Crippen LogP contribution in [0.2, 0.25) is 0 Å². The van der Waals surface area contributed by atoms with E-state index in [9.17, 15) is 9.90 Å². The molecule has 14 heavy (non-hydrogen) atoms. The fourth-order valence-corrected chi connectivity index (χ4v) is 1.49. The van der Waals surface area contributed by atoms with E-state index in [4.69, 9.17) is 5.11 Å². The highest BCUT2D eigenvalue weighted by Crippen LogP contribution is 2.27. The van der Waals surface area contributed by atoms with Gasteiger partial charge in [-0.1, -0.05) is 31.2 Å². The first kappa shape index (κ1) is 10.7. The lowest BCUT2D eigenvalue weighted by molar-refractivity contribution is -0.160. The molecule has 0 aliphatic heterocycles. The molecule has 1 atom stereocenters. The van der Waals surface area contributed by atoms with Gasteiger partial charge in [-0.15, -0.1) is 0 Å². The van der Waals surface area contributed by atoms with Crippen LogP contribution in [0.3, 0.4) is 0 Å². The zero-order valence-corrected chi connectivity index (χ0v) is 8.32. The van der Waals surface area contributed by atoms with Gasteiger partial charge in [0.15, 0.2) is 5.60 Å². The Morgan fingerprint density at radius 2 is 2.00 bits per heavy atom. The summed E-state index contributed by atoms with van der Waals surface area (Å²) in [7, 11) is 0. The molecular formula is C11H14O3. The van der Waals surface area contributed by atoms with E-state index in [1.807, 2.05) is 6.07 Å². The summed E-state index contributed by atoms with van der Waals surface area (Å²) >= 11 is 0. The minimum Gasteiger partial charge on any atom is -0.479 e. The highest BCUT2D eigenvalue weighted by molar-refractivity contribution is 5.79. The van der Waals surface area contributed by atoms with Crippen LogP contribution in [-0.2, 0) is 10.4 Å². The fourth-order valence-electron chi connectivity index (χ4n) is 1.49. The summed E-state index contributed by atoms with van der Waals surface area (Å²) < 4.78 is 0. The molecule has 76 valence electrons. The Labute approximate surface area is 83.0 Å². The number of carboxylic acids is 1. The van der Waals surface area contributed by atoms with E-state index < -0.39 is 11.6 Å². The van der Waals surface area contributed by atoms with Crippen LogP contribution in [0.15, 0.2) is 24.3 Å². The van der Waals surface area contributed by atoms with E-state index in [0.717, 1.165) is 5.56 Å². The van der Waals surface area contributed by atoms with Crippen molar-refractivity contribution >= 4 is 5.97 Å². The number of benzene rings is 1. The molecule has 0 aliphatic carbocycles. The van der Waals surface area contributed by atoms with Gasteiger partial charge in [0, 0.05) is 0 Å². The van der Waals surface area contributed by atoms with Crippen LogP contribution in [-0.4, -0.2) is 16.2 Å². The number of hydrogen-bond donors (Lipinski definition) is 2. The molecule has 0 saturated heterocycles. The Hall–Kier alpha value is -1.35. The molecule has 1 unspecified atom stereocenters. The Balaban J connectivity index is 3.26. The molecule has 0 amide bonds. The molecule has 3 nitrogen and oxygen atoms in total. The average Bonchev–Trinajstić information content (AvgIpc) is 2.17. The maximum absolute atomic E-state index is 11.0. The number of aliphatic carboxylic acids is 1.